The van der Waals surface area contributed by atoms with Crippen LogP contribution in [0.15, 0.2) is 23.6 Å². The van der Waals surface area contributed by atoms with Crippen molar-refractivity contribution in [2.75, 3.05) is 20.2 Å². The van der Waals surface area contributed by atoms with Crippen LogP contribution in [0.4, 0.5) is 0 Å². The van der Waals surface area contributed by atoms with Gasteiger partial charge in [-0.15, -0.1) is 0 Å². The first-order valence-electron chi connectivity index (χ1n) is 6.33. The standard InChI is InChI=1S/C14H23NO/c1-14(2)10-12(9-13(11-14)16-3)15-7-5-4-6-8-15/h9,11H,4-8,10H2,1-3H3. The van der Waals surface area contributed by atoms with E-state index in [1.165, 1.54) is 38.0 Å². The maximum Gasteiger partial charge on any atom is 0.117 e. The van der Waals surface area contributed by atoms with Gasteiger partial charge in [0.25, 0.3) is 0 Å². The van der Waals surface area contributed by atoms with Crippen molar-refractivity contribution in [3.63, 3.8) is 0 Å². The highest BCUT2D eigenvalue weighted by atomic mass is 16.5. The van der Waals surface area contributed by atoms with Gasteiger partial charge in [0.05, 0.1) is 7.11 Å². The first-order chi connectivity index (χ1) is 7.61. The number of allylic oxidation sites excluding steroid dienone is 3. The van der Waals surface area contributed by atoms with Crippen molar-refractivity contribution < 1.29 is 4.74 Å². The molecule has 0 saturated carbocycles. The highest BCUT2D eigenvalue weighted by Gasteiger charge is 2.26. The fraction of sp³-hybridized carbons (Fsp3) is 0.714. The fourth-order valence-corrected chi connectivity index (χ4v) is 2.66. The van der Waals surface area contributed by atoms with Crippen LogP contribution in [0.1, 0.15) is 39.5 Å². The van der Waals surface area contributed by atoms with Gasteiger partial charge in [-0.25, -0.2) is 0 Å². The molecule has 1 heterocycles. The van der Waals surface area contributed by atoms with E-state index in [0.717, 1.165) is 12.2 Å². The minimum absolute atomic E-state index is 0.229. The molecule has 0 amide bonds. The molecule has 0 atom stereocenters. The molecule has 0 bridgehead atoms. The third kappa shape index (κ3) is 2.60. The average molecular weight is 221 g/mol. The zero-order valence-corrected chi connectivity index (χ0v) is 10.8. The van der Waals surface area contributed by atoms with Crippen LogP contribution >= 0.6 is 0 Å². The zero-order chi connectivity index (χ0) is 11.6. The summed E-state index contributed by atoms with van der Waals surface area (Å²) >= 11 is 0. The lowest BCUT2D eigenvalue weighted by atomic mass is 9.83. The Kier molecular flexibility index (Phi) is 3.27. The van der Waals surface area contributed by atoms with Crippen molar-refractivity contribution in [1.29, 1.82) is 0 Å². The molecular weight excluding hydrogens is 198 g/mol. The molecule has 0 radical (unpaired) electrons. The van der Waals surface area contributed by atoms with Gasteiger partial charge in [0.1, 0.15) is 5.76 Å². The summed E-state index contributed by atoms with van der Waals surface area (Å²) in [7, 11) is 1.76. The van der Waals surface area contributed by atoms with E-state index in [9.17, 15) is 0 Å². The van der Waals surface area contributed by atoms with E-state index in [2.05, 4.69) is 30.9 Å². The maximum atomic E-state index is 5.41. The Labute approximate surface area is 99.0 Å². The van der Waals surface area contributed by atoms with Crippen molar-refractivity contribution in [2.24, 2.45) is 5.41 Å². The molecule has 0 unspecified atom stereocenters. The van der Waals surface area contributed by atoms with Gasteiger partial charge in [-0.1, -0.05) is 13.8 Å². The molecule has 2 heteroatoms. The Morgan fingerprint density at radius 3 is 2.50 bits per heavy atom. The predicted molar refractivity (Wildman–Crippen MR) is 67.0 cm³/mol. The molecule has 1 fully saturated rings. The molecule has 1 aliphatic heterocycles. The second-order valence-corrected chi connectivity index (χ2v) is 5.60. The molecular formula is C14H23NO. The smallest absolute Gasteiger partial charge is 0.117 e. The first kappa shape index (κ1) is 11.6. The van der Waals surface area contributed by atoms with Gasteiger partial charge in [-0.3, -0.25) is 0 Å². The minimum Gasteiger partial charge on any atom is -0.497 e. The number of methoxy groups -OCH3 is 1. The summed E-state index contributed by atoms with van der Waals surface area (Å²) < 4.78 is 5.41. The molecule has 0 aromatic carbocycles. The molecule has 0 aromatic rings. The highest BCUT2D eigenvalue weighted by molar-refractivity contribution is 5.27. The second-order valence-electron chi connectivity index (χ2n) is 5.60. The molecule has 2 nitrogen and oxygen atoms in total. The molecule has 2 aliphatic rings. The van der Waals surface area contributed by atoms with Gasteiger partial charge in [-0.2, -0.15) is 0 Å². The third-order valence-corrected chi connectivity index (χ3v) is 3.48. The summed E-state index contributed by atoms with van der Waals surface area (Å²) in [6.45, 7) is 7.00. The van der Waals surface area contributed by atoms with E-state index in [1.54, 1.807) is 7.11 Å². The lowest BCUT2D eigenvalue weighted by Gasteiger charge is -2.36. The van der Waals surface area contributed by atoms with E-state index in [-0.39, 0.29) is 5.41 Å². The Morgan fingerprint density at radius 1 is 1.19 bits per heavy atom. The van der Waals surface area contributed by atoms with Gasteiger partial charge in [0.15, 0.2) is 0 Å². The van der Waals surface area contributed by atoms with Crippen LogP contribution in [0.5, 0.6) is 0 Å². The van der Waals surface area contributed by atoms with E-state index in [1.807, 2.05) is 0 Å². The van der Waals surface area contributed by atoms with Crippen LogP contribution in [0.2, 0.25) is 0 Å². The summed E-state index contributed by atoms with van der Waals surface area (Å²) in [6.07, 6.45) is 9.66. The van der Waals surface area contributed by atoms with Crippen molar-refractivity contribution in [3.8, 4) is 0 Å². The van der Waals surface area contributed by atoms with Gasteiger partial charge in [0, 0.05) is 18.8 Å². The third-order valence-electron chi connectivity index (χ3n) is 3.48. The monoisotopic (exact) mass is 221 g/mol. The summed E-state index contributed by atoms with van der Waals surface area (Å²) in [5.74, 6) is 1.02. The van der Waals surface area contributed by atoms with Crippen LogP contribution in [-0.2, 0) is 4.74 Å². The average Bonchev–Trinajstić information content (AvgIpc) is 2.28. The summed E-state index contributed by atoms with van der Waals surface area (Å²) in [5, 5.41) is 0. The van der Waals surface area contributed by atoms with Crippen molar-refractivity contribution in [1.82, 2.24) is 4.90 Å². The Morgan fingerprint density at radius 2 is 1.88 bits per heavy atom. The second kappa shape index (κ2) is 4.52. The van der Waals surface area contributed by atoms with Crippen LogP contribution < -0.4 is 0 Å². The molecule has 90 valence electrons. The first-order valence-corrected chi connectivity index (χ1v) is 6.33. The SMILES string of the molecule is COC1=CC(C)(C)CC(N2CCCCC2)=C1. The number of hydrogen-bond acceptors (Lipinski definition) is 2. The Bertz CT molecular complexity index is 309. The molecule has 0 aromatic heterocycles. The number of rotatable bonds is 2. The van der Waals surface area contributed by atoms with Crippen molar-refractivity contribution in [3.05, 3.63) is 23.6 Å². The summed E-state index contributed by atoms with van der Waals surface area (Å²) in [4.78, 5) is 2.54. The topological polar surface area (TPSA) is 12.5 Å². The zero-order valence-electron chi connectivity index (χ0n) is 10.8. The summed E-state index contributed by atoms with van der Waals surface area (Å²) in [5.41, 5.74) is 1.69. The van der Waals surface area contributed by atoms with Crippen LogP contribution in [-0.4, -0.2) is 25.1 Å². The molecule has 1 aliphatic carbocycles. The fourth-order valence-electron chi connectivity index (χ4n) is 2.66. The number of nitrogens with zero attached hydrogens (tertiary/aromatic N) is 1. The van der Waals surface area contributed by atoms with Crippen LogP contribution in [0, 0.1) is 5.41 Å². The molecule has 16 heavy (non-hydrogen) atoms. The quantitative estimate of drug-likeness (QED) is 0.709. The predicted octanol–water partition coefficient (Wildman–Crippen LogP) is 3.32. The van der Waals surface area contributed by atoms with E-state index in [0.29, 0.717) is 0 Å². The molecule has 0 N–H and O–H groups in total. The van der Waals surface area contributed by atoms with Gasteiger partial charge >= 0.3 is 0 Å². The Hall–Kier alpha value is -0.920. The Balaban J connectivity index is 2.14. The van der Waals surface area contributed by atoms with Gasteiger partial charge in [0.2, 0.25) is 0 Å². The lowest BCUT2D eigenvalue weighted by Crippen LogP contribution is -2.32. The van der Waals surface area contributed by atoms with E-state index in [4.69, 9.17) is 4.74 Å². The van der Waals surface area contributed by atoms with Crippen molar-refractivity contribution in [2.45, 2.75) is 39.5 Å². The minimum atomic E-state index is 0.229. The highest BCUT2D eigenvalue weighted by Crippen LogP contribution is 2.35. The number of piperidine rings is 1. The molecule has 0 spiro atoms. The van der Waals surface area contributed by atoms with Crippen LogP contribution in [0.25, 0.3) is 0 Å². The van der Waals surface area contributed by atoms with Gasteiger partial charge < -0.3 is 9.64 Å². The van der Waals surface area contributed by atoms with Crippen molar-refractivity contribution >= 4 is 0 Å². The maximum absolute atomic E-state index is 5.41. The van der Waals surface area contributed by atoms with E-state index < -0.39 is 0 Å². The summed E-state index contributed by atoms with van der Waals surface area (Å²) in [6, 6.07) is 0. The molecule has 2 rings (SSSR count). The van der Waals surface area contributed by atoms with E-state index >= 15 is 0 Å². The lowest BCUT2D eigenvalue weighted by molar-refractivity contribution is 0.238. The van der Waals surface area contributed by atoms with Crippen LogP contribution in [0.3, 0.4) is 0 Å². The number of ether oxygens (including phenoxy) is 1. The normalized spacial score (nSPS) is 24.8. The number of likely N-dealkylation sites (tertiary alicyclic amines) is 1. The molecule has 1 saturated heterocycles. The number of hydrogen-bond donors (Lipinski definition) is 0. The largest absolute Gasteiger partial charge is 0.497 e. The van der Waals surface area contributed by atoms with Gasteiger partial charge in [-0.05, 0) is 43.3 Å².